The van der Waals surface area contributed by atoms with Gasteiger partial charge in [-0.05, 0) is 72.8 Å². The van der Waals surface area contributed by atoms with Gasteiger partial charge in [-0.1, -0.05) is 40.4 Å². The van der Waals surface area contributed by atoms with Gasteiger partial charge in [0, 0.05) is 4.90 Å². The summed E-state index contributed by atoms with van der Waals surface area (Å²) in [5, 5.41) is 11.1. The van der Waals surface area contributed by atoms with Gasteiger partial charge in [0.15, 0.2) is 0 Å². The van der Waals surface area contributed by atoms with Crippen molar-refractivity contribution in [1.29, 1.82) is 0 Å². The molecule has 228 valence electrons. The van der Waals surface area contributed by atoms with Crippen molar-refractivity contribution in [2.75, 3.05) is 0 Å². The molecule has 0 heterocycles. The van der Waals surface area contributed by atoms with Crippen molar-refractivity contribution in [2.45, 2.75) is 39.2 Å². The third kappa shape index (κ3) is 6.91. The smallest absolute Gasteiger partial charge is 0.282 e. The first-order valence-electron chi connectivity index (χ1n) is 11.2. The molecule has 4 aromatic carbocycles. The van der Waals surface area contributed by atoms with Gasteiger partial charge in [0.1, 0.15) is 0 Å². The Kier molecular flexibility index (Phi) is 9.65. The monoisotopic (exact) mass is 726 g/mol. The summed E-state index contributed by atoms with van der Waals surface area (Å²) < 4.78 is 117. The molecule has 0 aliphatic rings. The molecule has 4 aromatic rings. The largest absolute Gasteiger partial charge is 0.294 e. The lowest BCUT2D eigenvalue weighted by atomic mass is 10.3. The minimum absolute atomic E-state index is 0.201. The molecule has 0 atom stereocenters. The Morgan fingerprint density at radius 3 is 1.49 bits per heavy atom. The lowest BCUT2D eigenvalue weighted by molar-refractivity contribution is -0.432. The number of halogens is 2. The molecule has 19 heteroatoms. The number of sulfone groups is 3. The van der Waals surface area contributed by atoms with Crippen molar-refractivity contribution in [2.24, 2.45) is 0 Å². The Morgan fingerprint density at radius 2 is 1.00 bits per heavy atom. The molecule has 0 aromatic heterocycles. The van der Waals surface area contributed by atoms with Crippen molar-refractivity contribution in [3.05, 3.63) is 95.0 Å². The summed E-state index contributed by atoms with van der Waals surface area (Å²) in [6, 6.07) is 14.5. The second-order valence-electron chi connectivity index (χ2n) is 8.35. The van der Waals surface area contributed by atoms with Crippen molar-refractivity contribution in [3.8, 4) is 0 Å². The lowest BCUT2D eigenvalue weighted by Gasteiger charge is -2.13. The Hall–Kier alpha value is -2.55. The van der Waals surface area contributed by atoms with Gasteiger partial charge in [-0.3, -0.25) is 4.55 Å². The molecule has 0 fully saturated rings. The van der Waals surface area contributed by atoms with Crippen molar-refractivity contribution in [1.82, 2.24) is 0 Å². The van der Waals surface area contributed by atoms with E-state index >= 15 is 0 Å². The predicted octanol–water partition coefficient (Wildman–Crippen LogP) is 5.17. The molecular formula is C24H16Cl2O12S5. The van der Waals surface area contributed by atoms with E-state index in [0.717, 1.165) is 60.7 Å². The van der Waals surface area contributed by atoms with Crippen LogP contribution >= 0.6 is 35.2 Å². The third-order valence-corrected chi connectivity index (χ3v) is 13.3. The van der Waals surface area contributed by atoms with E-state index in [0.29, 0.717) is 18.1 Å². The van der Waals surface area contributed by atoms with E-state index in [-0.39, 0.29) is 14.8 Å². The molecule has 0 bridgehead atoms. The van der Waals surface area contributed by atoms with Gasteiger partial charge in [-0.15, -0.1) is 4.33 Å². The van der Waals surface area contributed by atoms with Crippen LogP contribution < -0.4 is 0 Å². The quantitative estimate of drug-likeness (QED) is 0.0941. The summed E-state index contributed by atoms with van der Waals surface area (Å²) in [6.45, 7) is 0. The van der Waals surface area contributed by atoms with E-state index in [1.54, 1.807) is 0 Å². The molecule has 0 saturated carbocycles. The molecular weight excluding hydrogens is 711 g/mol. The molecule has 0 radical (unpaired) electrons. The van der Waals surface area contributed by atoms with Crippen LogP contribution in [0, 0.1) is 0 Å². The fraction of sp³-hybridized carbons (Fsp3) is 0. The Morgan fingerprint density at radius 1 is 0.558 bits per heavy atom. The van der Waals surface area contributed by atoms with Crippen LogP contribution in [0.2, 0.25) is 10.0 Å². The Balaban J connectivity index is 1.80. The second kappa shape index (κ2) is 12.4. The molecule has 0 unspecified atom stereocenters. The van der Waals surface area contributed by atoms with E-state index in [4.69, 9.17) is 28.5 Å². The summed E-state index contributed by atoms with van der Waals surface area (Å²) in [6.07, 6.45) is 0. The van der Waals surface area contributed by atoms with Crippen LogP contribution in [0.1, 0.15) is 0 Å². The van der Waals surface area contributed by atoms with E-state index in [1.807, 2.05) is 0 Å². The molecule has 2 N–H and O–H groups in total. The standard InChI is InChI=1S/C24H16Cl2O12S5/c25-21-9-7-18(13-23(21)41(30,31)16-4-1-3-15(11-16)39-38-37-27)40(28,29)19-8-10-22(26)24(14-19)42(32,33)17-5-2-6-20(12-17)43(34,35)36/h1-14,27H,(H,34,35,36). The van der Waals surface area contributed by atoms with Gasteiger partial charge in [0.2, 0.25) is 29.5 Å². The predicted molar refractivity (Wildman–Crippen MR) is 153 cm³/mol. The maximum atomic E-state index is 13.6. The molecule has 0 amide bonds. The minimum atomic E-state index is -4.77. The summed E-state index contributed by atoms with van der Waals surface area (Å²) in [7, 11) is -18.4. The summed E-state index contributed by atoms with van der Waals surface area (Å²) in [4.78, 5) is -3.86. The Bertz CT molecular complexity index is 2170. The van der Waals surface area contributed by atoms with Gasteiger partial charge >= 0.3 is 0 Å². The van der Waals surface area contributed by atoms with Gasteiger partial charge in [0.25, 0.3) is 10.1 Å². The van der Waals surface area contributed by atoms with Crippen LogP contribution in [0.4, 0.5) is 0 Å². The first-order chi connectivity index (χ1) is 20.0. The molecule has 0 aliphatic carbocycles. The highest BCUT2D eigenvalue weighted by Crippen LogP contribution is 2.36. The van der Waals surface area contributed by atoms with Crippen LogP contribution in [-0.2, 0) is 49.0 Å². The molecule has 4 rings (SSSR count). The van der Waals surface area contributed by atoms with Crippen molar-refractivity contribution >= 4 is 74.9 Å². The number of rotatable bonds is 10. The summed E-state index contributed by atoms with van der Waals surface area (Å²) in [5.74, 6) is 0. The maximum absolute atomic E-state index is 13.6. The fourth-order valence-corrected chi connectivity index (χ4v) is 9.85. The highest BCUT2D eigenvalue weighted by atomic mass is 35.5. The van der Waals surface area contributed by atoms with Gasteiger partial charge in [-0.2, -0.15) is 8.42 Å². The normalized spacial score (nSPS) is 12.7. The van der Waals surface area contributed by atoms with Crippen molar-refractivity contribution < 1.29 is 52.9 Å². The molecule has 0 spiro atoms. The second-order valence-corrected chi connectivity index (χ2v) is 17.1. The van der Waals surface area contributed by atoms with Crippen molar-refractivity contribution in [3.63, 3.8) is 0 Å². The average Bonchev–Trinajstić information content (AvgIpc) is 2.96. The SMILES string of the molecule is O=S(=O)(O)c1cccc(S(=O)(=O)c2cc(S(=O)(=O)c3ccc(Cl)c(S(=O)(=O)c4cccc(SOOO)c4)c3)ccc2Cl)c1. The number of benzene rings is 4. The highest BCUT2D eigenvalue weighted by molar-refractivity contribution is 7.95. The zero-order valence-corrected chi connectivity index (χ0v) is 26.5. The van der Waals surface area contributed by atoms with E-state index < -0.39 is 74.0 Å². The van der Waals surface area contributed by atoms with Gasteiger partial charge < -0.3 is 0 Å². The first kappa shape index (κ1) is 33.3. The summed E-state index contributed by atoms with van der Waals surface area (Å²) >= 11 is 12.7. The average molecular weight is 728 g/mol. The molecule has 0 saturated heterocycles. The number of hydrogen-bond donors (Lipinski definition) is 2. The van der Waals surface area contributed by atoms with E-state index in [9.17, 15) is 38.2 Å². The maximum Gasteiger partial charge on any atom is 0.294 e. The highest BCUT2D eigenvalue weighted by Gasteiger charge is 2.29. The summed E-state index contributed by atoms with van der Waals surface area (Å²) in [5.41, 5.74) is 0. The molecule has 0 aliphatic heterocycles. The zero-order chi connectivity index (χ0) is 31.8. The topological polar surface area (TPSA) is 195 Å². The van der Waals surface area contributed by atoms with E-state index in [2.05, 4.69) is 9.37 Å². The molecule has 12 nitrogen and oxygen atoms in total. The molecule has 43 heavy (non-hydrogen) atoms. The number of hydrogen-bond acceptors (Lipinski definition) is 12. The van der Waals surface area contributed by atoms with E-state index in [1.165, 1.54) is 18.2 Å². The Labute approximate surface area is 260 Å². The van der Waals surface area contributed by atoms with Crippen LogP contribution in [0.3, 0.4) is 0 Å². The van der Waals surface area contributed by atoms with Gasteiger partial charge in [0.05, 0.1) is 56.4 Å². The van der Waals surface area contributed by atoms with Crippen LogP contribution in [-0.4, -0.2) is 43.5 Å². The van der Waals surface area contributed by atoms with Crippen LogP contribution in [0.25, 0.3) is 0 Å². The van der Waals surface area contributed by atoms with Gasteiger partial charge in [-0.25, -0.2) is 30.5 Å². The fourth-order valence-electron chi connectivity index (χ4n) is 3.65. The van der Waals surface area contributed by atoms with Crippen LogP contribution in [0.15, 0.2) is 124 Å². The van der Waals surface area contributed by atoms with Crippen LogP contribution in [0.5, 0.6) is 0 Å². The minimum Gasteiger partial charge on any atom is -0.282 e. The zero-order valence-electron chi connectivity index (χ0n) is 20.9. The lowest BCUT2D eigenvalue weighted by Crippen LogP contribution is -2.09. The third-order valence-electron chi connectivity index (χ3n) is 5.70. The first-order valence-corrected chi connectivity index (χ1v) is 18.5.